The first-order valence-electron chi connectivity index (χ1n) is 11.5. The fraction of sp³-hybridized carbons (Fsp3) is 0.375. The Morgan fingerprint density at radius 3 is 2.46 bits per heavy atom. The van der Waals surface area contributed by atoms with Crippen molar-refractivity contribution in [3.63, 3.8) is 0 Å². The second-order valence-corrected chi connectivity index (χ2v) is 10.7. The number of halogens is 5. The number of rotatable bonds is 5. The predicted molar refractivity (Wildman–Crippen MR) is 121 cm³/mol. The zero-order valence-electron chi connectivity index (χ0n) is 19.2. The minimum absolute atomic E-state index is 0.0612. The zero-order valence-corrected chi connectivity index (χ0v) is 20.0. The van der Waals surface area contributed by atoms with E-state index in [-0.39, 0.29) is 37.6 Å². The van der Waals surface area contributed by atoms with Crippen molar-refractivity contribution in [1.29, 1.82) is 0 Å². The fourth-order valence-corrected chi connectivity index (χ4v) is 6.11. The summed E-state index contributed by atoms with van der Waals surface area (Å²) >= 11 is 0. The van der Waals surface area contributed by atoms with Crippen molar-refractivity contribution in [3.05, 3.63) is 71.5 Å². The topological polar surface area (TPSA) is 84.7 Å². The monoisotopic (exact) mass is 543 g/mol. The third-order valence-corrected chi connectivity index (χ3v) is 8.17. The Bertz CT molecular complexity index is 1360. The molecule has 0 aliphatic carbocycles. The maximum atomic E-state index is 15.2. The average Bonchev–Trinajstić information content (AvgIpc) is 3.35. The van der Waals surface area contributed by atoms with E-state index in [0.29, 0.717) is 17.5 Å². The van der Waals surface area contributed by atoms with Crippen LogP contribution in [0.5, 0.6) is 5.75 Å². The van der Waals surface area contributed by atoms with E-state index in [2.05, 4.69) is 14.4 Å². The number of fused-ring (bicyclic) bond motifs is 1. The molecule has 0 spiro atoms. The molecule has 5 rings (SSSR count). The molecular formula is C24H22F5N3O4S. The molecule has 37 heavy (non-hydrogen) atoms. The molecule has 198 valence electrons. The maximum absolute atomic E-state index is 15.2. The first kappa shape index (κ1) is 25.5. The van der Waals surface area contributed by atoms with Crippen LogP contribution in [0.2, 0.25) is 0 Å². The van der Waals surface area contributed by atoms with Crippen LogP contribution in [0.15, 0.2) is 58.1 Å². The summed E-state index contributed by atoms with van der Waals surface area (Å²) in [5.74, 6) is -3.11. The van der Waals surface area contributed by atoms with Gasteiger partial charge in [0.25, 0.3) is 10.0 Å². The number of aromatic nitrogens is 1. The Hall–Kier alpha value is -3.19. The Morgan fingerprint density at radius 2 is 1.78 bits per heavy atom. The number of alkyl halides is 3. The molecule has 3 atom stereocenters. The van der Waals surface area contributed by atoms with Crippen molar-refractivity contribution in [1.82, 2.24) is 10.1 Å². The van der Waals surface area contributed by atoms with Gasteiger partial charge in [0.15, 0.2) is 5.82 Å². The van der Waals surface area contributed by atoms with Crippen molar-refractivity contribution in [2.45, 2.75) is 42.4 Å². The van der Waals surface area contributed by atoms with Gasteiger partial charge in [-0.05, 0) is 43.1 Å². The molecule has 1 fully saturated rings. The number of piperidine rings is 1. The third-order valence-electron chi connectivity index (χ3n) is 6.80. The van der Waals surface area contributed by atoms with Crippen LogP contribution in [0.3, 0.4) is 0 Å². The molecule has 2 aliphatic rings. The normalized spacial score (nSPS) is 22.8. The standard InChI is InChI=1S/C24H22F5N3O4S/c25-16-3-1-14(2-4-16)20-11-15(24(27,28)29)5-8-32(20)19-6-9-35-21-13-22(18(26)12-17(19)21)37(33,34)31-23-7-10-36-30-23/h1-4,7,10,12-13,15,19-20H,5-6,8-9,11H2,(H,30,31)/t15-,19?,20+/m1/s1. The molecule has 0 radical (unpaired) electrons. The minimum atomic E-state index is -4.38. The number of nitrogens with zero attached hydrogens (tertiary/aromatic N) is 2. The van der Waals surface area contributed by atoms with Crippen molar-refractivity contribution in [3.8, 4) is 5.75 Å². The van der Waals surface area contributed by atoms with Gasteiger partial charge in [0.1, 0.15) is 28.5 Å². The largest absolute Gasteiger partial charge is 0.493 e. The van der Waals surface area contributed by atoms with E-state index in [1.54, 1.807) is 0 Å². The van der Waals surface area contributed by atoms with E-state index in [9.17, 15) is 26.0 Å². The summed E-state index contributed by atoms with van der Waals surface area (Å²) in [6, 6.07) is 7.42. The molecule has 1 saturated heterocycles. The molecule has 1 unspecified atom stereocenters. The molecule has 7 nitrogen and oxygen atoms in total. The minimum Gasteiger partial charge on any atom is -0.493 e. The van der Waals surface area contributed by atoms with E-state index in [4.69, 9.17) is 4.74 Å². The van der Waals surface area contributed by atoms with Crippen LogP contribution in [0, 0.1) is 17.6 Å². The molecule has 2 aromatic carbocycles. The Morgan fingerprint density at radius 1 is 1.03 bits per heavy atom. The highest BCUT2D eigenvalue weighted by atomic mass is 32.2. The first-order valence-corrected chi connectivity index (χ1v) is 13.0. The summed E-state index contributed by atoms with van der Waals surface area (Å²) in [4.78, 5) is 1.18. The van der Waals surface area contributed by atoms with Crippen LogP contribution in [-0.2, 0) is 10.0 Å². The molecule has 0 bridgehead atoms. The summed E-state index contributed by atoms with van der Waals surface area (Å²) in [6.07, 6.45) is -3.27. The number of hydrogen-bond acceptors (Lipinski definition) is 6. The van der Waals surface area contributed by atoms with Crippen LogP contribution in [0.4, 0.5) is 27.8 Å². The first-order chi connectivity index (χ1) is 17.5. The van der Waals surface area contributed by atoms with Gasteiger partial charge < -0.3 is 9.26 Å². The fourth-order valence-electron chi connectivity index (χ4n) is 5.05. The maximum Gasteiger partial charge on any atom is 0.391 e. The molecule has 0 saturated carbocycles. The quantitative estimate of drug-likeness (QED) is 0.423. The summed E-state index contributed by atoms with van der Waals surface area (Å²) in [5.41, 5.74) is 0.849. The highest BCUT2D eigenvalue weighted by Gasteiger charge is 2.46. The van der Waals surface area contributed by atoms with Crippen LogP contribution in [0.25, 0.3) is 0 Å². The smallest absolute Gasteiger partial charge is 0.391 e. The van der Waals surface area contributed by atoms with Gasteiger partial charge in [-0.3, -0.25) is 9.62 Å². The third kappa shape index (κ3) is 5.14. The lowest BCUT2D eigenvalue weighted by Crippen LogP contribution is -2.44. The molecule has 1 aromatic heterocycles. The molecule has 3 aromatic rings. The van der Waals surface area contributed by atoms with Crippen LogP contribution in [-0.4, -0.2) is 37.8 Å². The summed E-state index contributed by atoms with van der Waals surface area (Å²) in [7, 11) is -4.37. The van der Waals surface area contributed by atoms with Gasteiger partial charge in [0.2, 0.25) is 0 Å². The van der Waals surface area contributed by atoms with Gasteiger partial charge in [0, 0.05) is 36.2 Å². The van der Waals surface area contributed by atoms with Gasteiger partial charge in [0.05, 0.1) is 12.5 Å². The summed E-state index contributed by atoms with van der Waals surface area (Å²) in [5, 5.41) is 3.45. The Kier molecular flexibility index (Phi) is 6.61. The average molecular weight is 544 g/mol. The van der Waals surface area contributed by atoms with E-state index in [1.807, 2.05) is 4.90 Å². The van der Waals surface area contributed by atoms with E-state index >= 15 is 4.39 Å². The van der Waals surface area contributed by atoms with E-state index in [0.717, 1.165) is 18.4 Å². The predicted octanol–water partition coefficient (Wildman–Crippen LogP) is 5.59. The summed E-state index contributed by atoms with van der Waals surface area (Å²) in [6.45, 7) is 0.209. The second-order valence-electron chi connectivity index (χ2n) is 9.03. The van der Waals surface area contributed by atoms with Crippen molar-refractivity contribution < 1.29 is 39.6 Å². The van der Waals surface area contributed by atoms with E-state index < -0.39 is 50.7 Å². The van der Waals surface area contributed by atoms with E-state index in [1.165, 1.54) is 30.3 Å². The number of hydrogen-bond donors (Lipinski definition) is 1. The van der Waals surface area contributed by atoms with Crippen LogP contribution in [0.1, 0.15) is 42.5 Å². The van der Waals surface area contributed by atoms with Gasteiger partial charge >= 0.3 is 6.18 Å². The van der Waals surface area contributed by atoms with Crippen molar-refractivity contribution >= 4 is 15.8 Å². The van der Waals surface area contributed by atoms with Gasteiger partial charge in [-0.15, -0.1) is 0 Å². The Labute approximate surface area is 209 Å². The molecule has 13 heteroatoms. The molecule has 3 heterocycles. The number of ether oxygens (including phenoxy) is 1. The highest BCUT2D eigenvalue weighted by molar-refractivity contribution is 7.92. The van der Waals surface area contributed by atoms with Crippen molar-refractivity contribution in [2.75, 3.05) is 17.9 Å². The van der Waals surface area contributed by atoms with Crippen molar-refractivity contribution in [2.24, 2.45) is 5.92 Å². The lowest BCUT2D eigenvalue weighted by Gasteiger charge is -2.46. The van der Waals surface area contributed by atoms with Gasteiger partial charge in [-0.2, -0.15) is 13.2 Å². The van der Waals surface area contributed by atoms with Crippen LogP contribution < -0.4 is 9.46 Å². The number of anilines is 1. The zero-order chi connectivity index (χ0) is 26.4. The lowest BCUT2D eigenvalue weighted by atomic mass is 9.84. The second kappa shape index (κ2) is 9.60. The lowest BCUT2D eigenvalue weighted by molar-refractivity contribution is -0.192. The number of nitrogens with one attached hydrogen (secondary N) is 1. The Balaban J connectivity index is 1.50. The molecular weight excluding hydrogens is 521 g/mol. The number of sulfonamides is 1. The van der Waals surface area contributed by atoms with Crippen LogP contribution >= 0.6 is 0 Å². The molecule has 2 aliphatic heterocycles. The highest BCUT2D eigenvalue weighted by Crippen LogP contribution is 2.48. The van der Waals surface area contributed by atoms with Gasteiger partial charge in [-0.1, -0.05) is 17.3 Å². The number of benzene rings is 2. The summed E-state index contributed by atoms with van der Waals surface area (Å²) < 4.78 is 107. The SMILES string of the molecule is O=S(=O)(Nc1ccon1)c1cc2c(cc1F)C(N1CC[C@@H](C(F)(F)F)C[C@H]1c1ccc(F)cc1)CCO2. The molecule has 0 amide bonds. The van der Waals surface area contributed by atoms with Gasteiger partial charge in [-0.25, -0.2) is 17.2 Å². The molecule has 1 N–H and O–H groups in total. The number of likely N-dealkylation sites (tertiary alicyclic amines) is 1.